The zero-order valence-electron chi connectivity index (χ0n) is 6.68. The minimum Gasteiger partial charge on any atom is -0.341 e. The average Bonchev–Trinajstić information content (AvgIpc) is 1.78. The van der Waals surface area contributed by atoms with Crippen LogP contribution in [0.2, 0.25) is 0 Å². The van der Waals surface area contributed by atoms with Crippen LogP contribution < -0.4 is 5.73 Å². The van der Waals surface area contributed by atoms with Crippen LogP contribution in [0.1, 0.15) is 25.7 Å². The second-order valence-electron chi connectivity index (χ2n) is 3.66. The van der Waals surface area contributed by atoms with E-state index < -0.39 is 5.54 Å². The molecule has 0 atom stereocenters. The van der Waals surface area contributed by atoms with Crippen molar-refractivity contribution in [2.75, 3.05) is 13.1 Å². The van der Waals surface area contributed by atoms with Crippen LogP contribution in [0, 0.1) is 0 Å². The highest BCUT2D eigenvalue weighted by atomic mass is 16.2. The lowest BCUT2D eigenvalue weighted by Crippen LogP contribution is -2.62. The number of nitrogens with zero attached hydrogens (tertiary/aromatic N) is 1. The molecule has 1 saturated carbocycles. The Balaban J connectivity index is 1.97. The summed E-state index contributed by atoms with van der Waals surface area (Å²) >= 11 is 0. The van der Waals surface area contributed by atoms with Crippen LogP contribution in [0.25, 0.3) is 0 Å². The van der Waals surface area contributed by atoms with Gasteiger partial charge in [0.15, 0.2) is 0 Å². The van der Waals surface area contributed by atoms with E-state index in [0.717, 1.165) is 38.8 Å². The molecule has 2 fully saturated rings. The van der Waals surface area contributed by atoms with Gasteiger partial charge in [-0.3, -0.25) is 4.79 Å². The van der Waals surface area contributed by atoms with Crippen molar-refractivity contribution in [3.63, 3.8) is 0 Å². The van der Waals surface area contributed by atoms with Gasteiger partial charge in [0.2, 0.25) is 5.91 Å². The minimum absolute atomic E-state index is 0.190. The van der Waals surface area contributed by atoms with Gasteiger partial charge in [0.25, 0.3) is 0 Å². The molecule has 1 saturated heterocycles. The number of carbonyl (C=O) groups is 1. The number of nitrogens with two attached hydrogens (primary N) is 1. The monoisotopic (exact) mass is 154 g/mol. The predicted octanol–water partition coefficient (Wildman–Crippen LogP) is 0.100. The van der Waals surface area contributed by atoms with Gasteiger partial charge in [-0.2, -0.15) is 0 Å². The van der Waals surface area contributed by atoms with E-state index in [9.17, 15) is 4.79 Å². The summed E-state index contributed by atoms with van der Waals surface area (Å²) in [6.45, 7) is 1.86. The summed E-state index contributed by atoms with van der Waals surface area (Å²) in [7, 11) is 0. The number of carbonyl (C=O) groups excluding carboxylic acids is 1. The molecule has 1 aliphatic heterocycles. The van der Waals surface area contributed by atoms with Gasteiger partial charge in [-0.15, -0.1) is 0 Å². The van der Waals surface area contributed by atoms with Gasteiger partial charge < -0.3 is 10.6 Å². The molecule has 3 nitrogen and oxygen atoms in total. The highest BCUT2D eigenvalue weighted by molar-refractivity contribution is 5.87. The maximum atomic E-state index is 11.5. The summed E-state index contributed by atoms with van der Waals surface area (Å²) in [5, 5.41) is 0. The van der Waals surface area contributed by atoms with Crippen LogP contribution in [0.3, 0.4) is 0 Å². The van der Waals surface area contributed by atoms with Crippen molar-refractivity contribution in [1.29, 1.82) is 0 Å². The highest BCUT2D eigenvalue weighted by Gasteiger charge is 2.43. The fourth-order valence-corrected chi connectivity index (χ4v) is 1.61. The molecular formula is C8H14N2O. The number of rotatable bonds is 1. The minimum atomic E-state index is -0.458. The van der Waals surface area contributed by atoms with Crippen molar-refractivity contribution >= 4 is 5.91 Å². The van der Waals surface area contributed by atoms with Crippen molar-refractivity contribution in [3.8, 4) is 0 Å². The quantitative estimate of drug-likeness (QED) is 0.582. The maximum Gasteiger partial charge on any atom is 0.242 e. The van der Waals surface area contributed by atoms with E-state index >= 15 is 0 Å². The zero-order valence-corrected chi connectivity index (χ0v) is 6.68. The van der Waals surface area contributed by atoms with Crippen LogP contribution in [-0.2, 0) is 4.79 Å². The van der Waals surface area contributed by atoms with Gasteiger partial charge in [-0.1, -0.05) is 0 Å². The Morgan fingerprint density at radius 1 is 1.27 bits per heavy atom. The van der Waals surface area contributed by atoms with Crippen molar-refractivity contribution in [2.24, 2.45) is 5.73 Å². The van der Waals surface area contributed by atoms with Crippen molar-refractivity contribution in [2.45, 2.75) is 31.2 Å². The predicted molar refractivity (Wildman–Crippen MR) is 42.0 cm³/mol. The Bertz CT molecular complexity index is 183. The van der Waals surface area contributed by atoms with Crippen LogP contribution in [0.5, 0.6) is 0 Å². The van der Waals surface area contributed by atoms with Crippen molar-refractivity contribution in [1.82, 2.24) is 4.90 Å². The van der Waals surface area contributed by atoms with E-state index in [0.29, 0.717) is 0 Å². The normalized spacial score (nSPS) is 27.2. The van der Waals surface area contributed by atoms with Crippen LogP contribution in [0.15, 0.2) is 0 Å². The lowest BCUT2D eigenvalue weighted by Gasteiger charge is -2.43. The van der Waals surface area contributed by atoms with Gasteiger partial charge in [-0.25, -0.2) is 0 Å². The summed E-state index contributed by atoms with van der Waals surface area (Å²) in [6.07, 6.45) is 4.06. The Labute approximate surface area is 66.5 Å². The lowest BCUT2D eigenvalue weighted by atomic mass is 9.76. The first-order chi connectivity index (χ1) is 5.22. The molecule has 0 aromatic carbocycles. The Morgan fingerprint density at radius 2 is 1.91 bits per heavy atom. The third-order valence-electron chi connectivity index (χ3n) is 2.81. The van der Waals surface area contributed by atoms with Crippen LogP contribution >= 0.6 is 0 Å². The molecule has 0 bridgehead atoms. The molecular weight excluding hydrogens is 140 g/mol. The Morgan fingerprint density at radius 3 is 2.18 bits per heavy atom. The average molecular weight is 154 g/mol. The van der Waals surface area contributed by atoms with Gasteiger partial charge in [0.05, 0.1) is 5.54 Å². The first kappa shape index (κ1) is 7.10. The zero-order chi connectivity index (χ0) is 7.90. The van der Waals surface area contributed by atoms with Gasteiger partial charge in [0.1, 0.15) is 0 Å². The molecule has 1 heterocycles. The lowest BCUT2D eigenvalue weighted by molar-refractivity contribution is -0.143. The molecule has 62 valence electrons. The molecule has 2 N–H and O–H groups in total. The second-order valence-corrected chi connectivity index (χ2v) is 3.66. The van der Waals surface area contributed by atoms with E-state index in [-0.39, 0.29) is 5.91 Å². The van der Waals surface area contributed by atoms with E-state index in [4.69, 9.17) is 5.73 Å². The molecule has 0 aromatic rings. The topological polar surface area (TPSA) is 46.3 Å². The molecule has 0 radical (unpaired) electrons. The Kier molecular flexibility index (Phi) is 1.42. The molecule has 0 aromatic heterocycles. The van der Waals surface area contributed by atoms with E-state index in [1.807, 2.05) is 4.90 Å². The second kappa shape index (κ2) is 2.21. The third kappa shape index (κ3) is 0.948. The first-order valence-corrected chi connectivity index (χ1v) is 4.31. The number of hydrogen-bond donors (Lipinski definition) is 1. The van der Waals surface area contributed by atoms with Gasteiger partial charge in [-0.05, 0) is 25.7 Å². The third-order valence-corrected chi connectivity index (χ3v) is 2.81. The Hall–Kier alpha value is -0.570. The number of likely N-dealkylation sites (tertiary alicyclic amines) is 1. The summed E-state index contributed by atoms with van der Waals surface area (Å²) in [5.74, 6) is 0.190. The van der Waals surface area contributed by atoms with Gasteiger partial charge in [0, 0.05) is 13.1 Å². The molecule has 2 rings (SSSR count). The van der Waals surface area contributed by atoms with E-state index in [1.165, 1.54) is 0 Å². The summed E-state index contributed by atoms with van der Waals surface area (Å²) in [4.78, 5) is 13.4. The maximum absolute atomic E-state index is 11.5. The first-order valence-electron chi connectivity index (χ1n) is 4.31. The molecule has 1 amide bonds. The van der Waals surface area contributed by atoms with E-state index in [1.54, 1.807) is 0 Å². The SMILES string of the molecule is NC1(C(=O)N2CCC2)CCC1. The summed E-state index contributed by atoms with van der Waals surface area (Å²) in [6, 6.07) is 0. The molecule has 3 heteroatoms. The number of hydrogen-bond acceptors (Lipinski definition) is 2. The molecule has 2 aliphatic rings. The van der Waals surface area contributed by atoms with Crippen LogP contribution in [-0.4, -0.2) is 29.4 Å². The smallest absolute Gasteiger partial charge is 0.242 e. The standard InChI is InChI=1S/C8H14N2O/c9-8(3-1-4-8)7(11)10-5-2-6-10/h1-6,9H2. The highest BCUT2D eigenvalue weighted by Crippen LogP contribution is 2.31. The van der Waals surface area contributed by atoms with Gasteiger partial charge >= 0.3 is 0 Å². The molecule has 0 unspecified atom stereocenters. The largest absolute Gasteiger partial charge is 0.341 e. The molecule has 0 spiro atoms. The summed E-state index contributed by atoms with van der Waals surface area (Å²) in [5.41, 5.74) is 5.41. The number of amides is 1. The van der Waals surface area contributed by atoms with Crippen molar-refractivity contribution < 1.29 is 4.79 Å². The fraction of sp³-hybridized carbons (Fsp3) is 0.875. The molecule has 11 heavy (non-hydrogen) atoms. The van der Waals surface area contributed by atoms with Crippen LogP contribution in [0.4, 0.5) is 0 Å². The van der Waals surface area contributed by atoms with Crippen molar-refractivity contribution in [3.05, 3.63) is 0 Å². The fourth-order valence-electron chi connectivity index (χ4n) is 1.61. The van der Waals surface area contributed by atoms with E-state index in [2.05, 4.69) is 0 Å². The molecule has 1 aliphatic carbocycles. The summed E-state index contributed by atoms with van der Waals surface area (Å²) < 4.78 is 0.